The monoisotopic (exact) mass is 389 g/mol. The van der Waals surface area contributed by atoms with Crippen molar-refractivity contribution in [3.63, 3.8) is 0 Å². The Hall–Kier alpha value is -1.27. The first-order valence-corrected chi connectivity index (χ1v) is 9.72. The number of carbonyl (C=O) groups is 2. The van der Waals surface area contributed by atoms with Gasteiger partial charge in [0.1, 0.15) is 11.1 Å². The van der Waals surface area contributed by atoms with Crippen LogP contribution in [0.2, 0.25) is 5.02 Å². The molecule has 0 bridgehead atoms. The Morgan fingerprint density at radius 1 is 1.28 bits per heavy atom. The number of benzene rings is 1. The normalized spacial score (nSPS) is 12.1. The number of ether oxygens (including phenoxy) is 1. The molecule has 140 valence electrons. The van der Waals surface area contributed by atoms with Crippen LogP contribution in [0.3, 0.4) is 0 Å². The molecule has 1 aromatic rings. The van der Waals surface area contributed by atoms with E-state index in [4.69, 9.17) is 16.3 Å². The molecule has 0 heterocycles. The van der Waals surface area contributed by atoms with E-state index < -0.39 is 11.1 Å². The Bertz CT molecular complexity index is 608. The van der Waals surface area contributed by atoms with E-state index in [1.807, 2.05) is 20.8 Å². The number of thioether (sulfide) groups is 1. The predicted molar refractivity (Wildman–Crippen MR) is 101 cm³/mol. The van der Waals surface area contributed by atoms with Crippen molar-refractivity contribution in [3.8, 4) is 0 Å². The summed E-state index contributed by atoms with van der Waals surface area (Å²) in [6.45, 7) is 7.80. The number of nitrogens with one attached hydrogen (secondary N) is 1. The molecule has 0 saturated heterocycles. The topological polar surface area (TPSA) is 55.4 Å². The summed E-state index contributed by atoms with van der Waals surface area (Å²) < 4.78 is 19.2. The molecule has 1 unspecified atom stereocenters. The zero-order chi connectivity index (χ0) is 19.0. The average Bonchev–Trinajstić information content (AvgIpc) is 2.57. The zero-order valence-electron chi connectivity index (χ0n) is 15.0. The fourth-order valence-corrected chi connectivity index (χ4v) is 3.35. The SMILES string of the molecule is CCCOC(=O)C(C)Sc1cc(NC(=O)C(CC)CC)c(F)cc1Cl. The Morgan fingerprint density at radius 2 is 1.92 bits per heavy atom. The second-order valence-corrected chi connectivity index (χ2v) is 7.48. The number of carbonyl (C=O) groups excluding carboxylic acids is 2. The summed E-state index contributed by atoms with van der Waals surface area (Å²) in [6, 6.07) is 2.61. The maximum atomic E-state index is 14.1. The minimum atomic E-state index is -0.602. The third kappa shape index (κ3) is 6.51. The van der Waals surface area contributed by atoms with E-state index in [0.717, 1.165) is 12.5 Å². The van der Waals surface area contributed by atoms with Gasteiger partial charge in [0.05, 0.1) is 17.3 Å². The van der Waals surface area contributed by atoms with Gasteiger partial charge in [-0.25, -0.2) is 4.39 Å². The highest BCUT2D eigenvalue weighted by Crippen LogP contribution is 2.35. The van der Waals surface area contributed by atoms with Crippen LogP contribution in [0, 0.1) is 11.7 Å². The lowest BCUT2D eigenvalue weighted by Gasteiger charge is -2.16. The summed E-state index contributed by atoms with van der Waals surface area (Å²) >= 11 is 7.26. The van der Waals surface area contributed by atoms with E-state index in [0.29, 0.717) is 24.3 Å². The molecule has 25 heavy (non-hydrogen) atoms. The van der Waals surface area contributed by atoms with Gasteiger partial charge in [-0.2, -0.15) is 0 Å². The van der Waals surface area contributed by atoms with Crippen LogP contribution in [-0.4, -0.2) is 23.7 Å². The highest BCUT2D eigenvalue weighted by Gasteiger charge is 2.21. The van der Waals surface area contributed by atoms with Crippen molar-refractivity contribution >= 4 is 40.9 Å². The molecule has 0 radical (unpaired) electrons. The van der Waals surface area contributed by atoms with Gasteiger partial charge in [-0.1, -0.05) is 32.4 Å². The van der Waals surface area contributed by atoms with Gasteiger partial charge >= 0.3 is 5.97 Å². The number of rotatable bonds is 9. The molecule has 0 saturated carbocycles. The summed E-state index contributed by atoms with van der Waals surface area (Å²) in [6.07, 6.45) is 2.10. The number of anilines is 1. The third-order valence-corrected chi connectivity index (χ3v) is 5.28. The van der Waals surface area contributed by atoms with Crippen molar-refractivity contribution < 1.29 is 18.7 Å². The van der Waals surface area contributed by atoms with Gasteiger partial charge in [-0.3, -0.25) is 9.59 Å². The molecule has 0 spiro atoms. The quantitative estimate of drug-likeness (QED) is 0.460. The minimum absolute atomic E-state index is 0.0675. The highest BCUT2D eigenvalue weighted by atomic mass is 35.5. The molecule has 0 aromatic heterocycles. The lowest BCUT2D eigenvalue weighted by Crippen LogP contribution is -2.22. The lowest BCUT2D eigenvalue weighted by atomic mass is 10.0. The second kappa shape index (κ2) is 10.7. The molecule has 0 fully saturated rings. The molecule has 0 aliphatic heterocycles. The molecule has 0 aliphatic carbocycles. The largest absolute Gasteiger partial charge is 0.465 e. The van der Waals surface area contributed by atoms with E-state index in [1.165, 1.54) is 17.8 Å². The summed E-state index contributed by atoms with van der Waals surface area (Å²) in [4.78, 5) is 24.6. The third-order valence-electron chi connectivity index (χ3n) is 3.72. The van der Waals surface area contributed by atoms with Crippen LogP contribution < -0.4 is 5.32 Å². The summed E-state index contributed by atoms with van der Waals surface area (Å²) in [5, 5.41) is 2.32. The Balaban J connectivity index is 2.92. The van der Waals surface area contributed by atoms with Gasteiger partial charge in [-0.05, 0) is 38.3 Å². The second-order valence-electron chi connectivity index (χ2n) is 5.69. The number of halogens is 2. The zero-order valence-corrected chi connectivity index (χ0v) is 16.6. The van der Waals surface area contributed by atoms with Crippen molar-refractivity contribution in [2.24, 2.45) is 5.92 Å². The highest BCUT2D eigenvalue weighted by molar-refractivity contribution is 8.00. The first-order chi connectivity index (χ1) is 11.8. The van der Waals surface area contributed by atoms with Crippen molar-refractivity contribution in [2.75, 3.05) is 11.9 Å². The van der Waals surface area contributed by atoms with Crippen molar-refractivity contribution in [2.45, 2.75) is 57.1 Å². The smallest absolute Gasteiger partial charge is 0.319 e. The lowest BCUT2D eigenvalue weighted by molar-refractivity contribution is -0.142. The molecule has 1 rings (SSSR count). The predicted octanol–water partition coefficient (Wildman–Crippen LogP) is 5.29. The fourth-order valence-electron chi connectivity index (χ4n) is 2.17. The van der Waals surface area contributed by atoms with Crippen LogP contribution >= 0.6 is 23.4 Å². The minimum Gasteiger partial charge on any atom is -0.465 e. The molecule has 0 aliphatic rings. The van der Waals surface area contributed by atoms with E-state index in [1.54, 1.807) is 6.92 Å². The van der Waals surface area contributed by atoms with Crippen LogP contribution in [0.5, 0.6) is 0 Å². The van der Waals surface area contributed by atoms with Crippen LogP contribution in [0.1, 0.15) is 47.0 Å². The summed E-state index contributed by atoms with van der Waals surface area (Å²) in [5.41, 5.74) is 0.0675. The summed E-state index contributed by atoms with van der Waals surface area (Å²) in [7, 11) is 0. The van der Waals surface area contributed by atoms with Gasteiger partial charge in [0, 0.05) is 10.8 Å². The molecule has 1 atom stereocenters. The van der Waals surface area contributed by atoms with E-state index >= 15 is 0 Å². The number of esters is 1. The Kier molecular flexibility index (Phi) is 9.28. The van der Waals surface area contributed by atoms with Crippen molar-refractivity contribution in [1.82, 2.24) is 0 Å². The van der Waals surface area contributed by atoms with Crippen molar-refractivity contribution in [1.29, 1.82) is 0 Å². The van der Waals surface area contributed by atoms with Crippen LogP contribution in [0.25, 0.3) is 0 Å². The maximum Gasteiger partial charge on any atom is 0.319 e. The van der Waals surface area contributed by atoms with Gasteiger partial charge in [0.15, 0.2) is 0 Å². The van der Waals surface area contributed by atoms with Crippen LogP contribution in [-0.2, 0) is 14.3 Å². The van der Waals surface area contributed by atoms with Gasteiger partial charge < -0.3 is 10.1 Å². The Morgan fingerprint density at radius 3 is 2.48 bits per heavy atom. The molecule has 7 heteroatoms. The molecule has 4 nitrogen and oxygen atoms in total. The standard InChI is InChI=1S/C18H25ClFNO3S/c1-5-8-24-18(23)11(4)25-16-10-15(14(20)9-13(16)19)21-17(22)12(6-2)7-3/h9-12H,5-8H2,1-4H3,(H,21,22). The van der Waals surface area contributed by atoms with Crippen molar-refractivity contribution in [3.05, 3.63) is 23.0 Å². The van der Waals surface area contributed by atoms with E-state index in [2.05, 4.69) is 5.32 Å². The molecule has 1 amide bonds. The first-order valence-electron chi connectivity index (χ1n) is 8.47. The maximum absolute atomic E-state index is 14.1. The molecular weight excluding hydrogens is 365 g/mol. The van der Waals surface area contributed by atoms with E-state index in [-0.39, 0.29) is 28.5 Å². The van der Waals surface area contributed by atoms with E-state index in [9.17, 15) is 14.0 Å². The van der Waals surface area contributed by atoms with Crippen LogP contribution in [0.4, 0.5) is 10.1 Å². The van der Waals surface area contributed by atoms with Gasteiger partial charge in [0.25, 0.3) is 0 Å². The fraction of sp³-hybridized carbons (Fsp3) is 0.556. The molecule has 1 N–H and O–H groups in total. The molecule has 1 aromatic carbocycles. The number of hydrogen-bond donors (Lipinski definition) is 1. The molecular formula is C18H25ClFNO3S. The van der Waals surface area contributed by atoms with Crippen LogP contribution in [0.15, 0.2) is 17.0 Å². The van der Waals surface area contributed by atoms with Gasteiger partial charge in [-0.15, -0.1) is 11.8 Å². The average molecular weight is 390 g/mol. The Labute approximate surface area is 157 Å². The summed E-state index contributed by atoms with van der Waals surface area (Å²) in [5.74, 6) is -1.35. The number of hydrogen-bond acceptors (Lipinski definition) is 4. The first kappa shape index (κ1) is 21.8. The van der Waals surface area contributed by atoms with Gasteiger partial charge in [0.2, 0.25) is 5.91 Å². The number of amides is 1.